The predicted octanol–water partition coefficient (Wildman–Crippen LogP) is 2.29. The van der Waals surface area contributed by atoms with E-state index in [9.17, 15) is 13.6 Å². The van der Waals surface area contributed by atoms with Gasteiger partial charge in [-0.25, -0.2) is 18.7 Å². The SMILES string of the molecule is CCNC(=O)c1nc(-n2cncc2-c2cccc(F)c2F)c[nH]1. The molecule has 8 heteroatoms. The third-order valence-electron chi connectivity index (χ3n) is 3.23. The van der Waals surface area contributed by atoms with Crippen molar-refractivity contribution in [2.24, 2.45) is 0 Å². The first-order valence-corrected chi connectivity index (χ1v) is 6.92. The van der Waals surface area contributed by atoms with Crippen LogP contribution in [-0.2, 0) is 0 Å². The number of carbonyl (C=O) groups excluding carboxylic acids is 1. The summed E-state index contributed by atoms with van der Waals surface area (Å²) in [6, 6.07) is 3.90. The Bertz CT molecular complexity index is 855. The summed E-state index contributed by atoms with van der Waals surface area (Å²) in [6.45, 7) is 2.27. The van der Waals surface area contributed by atoms with Crippen molar-refractivity contribution in [1.29, 1.82) is 0 Å². The molecule has 0 atom stereocenters. The molecule has 2 N–H and O–H groups in total. The molecule has 0 unspecified atom stereocenters. The first-order chi connectivity index (χ1) is 11.1. The number of aromatic nitrogens is 4. The van der Waals surface area contributed by atoms with E-state index in [-0.39, 0.29) is 17.3 Å². The lowest BCUT2D eigenvalue weighted by Gasteiger charge is -2.06. The minimum atomic E-state index is -0.964. The zero-order chi connectivity index (χ0) is 16.4. The van der Waals surface area contributed by atoms with Crippen LogP contribution in [0, 0.1) is 11.6 Å². The number of rotatable bonds is 4. The van der Waals surface area contributed by atoms with Crippen molar-refractivity contribution in [1.82, 2.24) is 24.8 Å². The van der Waals surface area contributed by atoms with Gasteiger partial charge in [-0.15, -0.1) is 0 Å². The van der Waals surface area contributed by atoms with Gasteiger partial charge in [0.1, 0.15) is 6.33 Å². The fraction of sp³-hybridized carbons (Fsp3) is 0.133. The van der Waals surface area contributed by atoms with E-state index in [1.165, 1.54) is 35.4 Å². The lowest BCUT2D eigenvalue weighted by molar-refractivity contribution is 0.0946. The minimum Gasteiger partial charge on any atom is -0.350 e. The van der Waals surface area contributed by atoms with Gasteiger partial charge in [0.2, 0.25) is 0 Å². The highest BCUT2D eigenvalue weighted by molar-refractivity contribution is 5.90. The monoisotopic (exact) mass is 317 g/mol. The number of hydrogen-bond acceptors (Lipinski definition) is 3. The molecule has 0 aliphatic heterocycles. The molecule has 118 valence electrons. The number of nitrogens with zero attached hydrogens (tertiary/aromatic N) is 3. The molecular formula is C15H13F2N5O. The van der Waals surface area contributed by atoms with Gasteiger partial charge in [0, 0.05) is 18.3 Å². The van der Waals surface area contributed by atoms with Crippen LogP contribution < -0.4 is 5.32 Å². The Morgan fingerprint density at radius 1 is 1.39 bits per heavy atom. The van der Waals surface area contributed by atoms with Gasteiger partial charge in [-0.05, 0) is 19.1 Å². The molecule has 23 heavy (non-hydrogen) atoms. The van der Waals surface area contributed by atoms with E-state index in [1.807, 2.05) is 0 Å². The van der Waals surface area contributed by atoms with Crippen molar-refractivity contribution in [3.05, 3.63) is 54.4 Å². The fourth-order valence-electron chi connectivity index (χ4n) is 2.17. The summed E-state index contributed by atoms with van der Waals surface area (Å²) < 4.78 is 28.9. The largest absolute Gasteiger partial charge is 0.350 e. The number of halogens is 2. The first kappa shape index (κ1) is 14.9. The summed E-state index contributed by atoms with van der Waals surface area (Å²) in [7, 11) is 0. The van der Waals surface area contributed by atoms with Gasteiger partial charge in [0.05, 0.1) is 11.9 Å². The van der Waals surface area contributed by atoms with E-state index in [0.29, 0.717) is 18.1 Å². The van der Waals surface area contributed by atoms with Crippen LogP contribution in [0.1, 0.15) is 17.5 Å². The van der Waals surface area contributed by atoms with Crippen LogP contribution >= 0.6 is 0 Å². The number of amides is 1. The zero-order valence-electron chi connectivity index (χ0n) is 12.2. The molecule has 0 saturated carbocycles. The molecule has 3 rings (SSSR count). The van der Waals surface area contributed by atoms with Crippen LogP contribution in [0.4, 0.5) is 8.78 Å². The average molecular weight is 317 g/mol. The molecule has 3 aromatic rings. The molecule has 0 spiro atoms. The zero-order valence-corrected chi connectivity index (χ0v) is 12.2. The van der Waals surface area contributed by atoms with Crippen LogP contribution in [0.5, 0.6) is 0 Å². The lowest BCUT2D eigenvalue weighted by Crippen LogP contribution is -2.23. The molecule has 0 aliphatic rings. The van der Waals surface area contributed by atoms with Crippen molar-refractivity contribution in [3.8, 4) is 17.1 Å². The maximum absolute atomic E-state index is 14.0. The minimum absolute atomic E-state index is 0.0602. The van der Waals surface area contributed by atoms with E-state index >= 15 is 0 Å². The number of carbonyl (C=O) groups is 1. The van der Waals surface area contributed by atoms with E-state index in [4.69, 9.17) is 0 Å². The maximum Gasteiger partial charge on any atom is 0.287 e. The van der Waals surface area contributed by atoms with Gasteiger partial charge in [-0.2, -0.15) is 0 Å². The van der Waals surface area contributed by atoms with Gasteiger partial charge in [0.15, 0.2) is 23.3 Å². The highest BCUT2D eigenvalue weighted by Gasteiger charge is 2.17. The van der Waals surface area contributed by atoms with Gasteiger partial charge in [-0.3, -0.25) is 9.36 Å². The Balaban J connectivity index is 2.02. The summed E-state index contributed by atoms with van der Waals surface area (Å²) in [4.78, 5) is 22.6. The Hall–Kier alpha value is -3.03. The van der Waals surface area contributed by atoms with Crippen molar-refractivity contribution < 1.29 is 13.6 Å². The van der Waals surface area contributed by atoms with Gasteiger partial charge in [0.25, 0.3) is 5.91 Å². The van der Waals surface area contributed by atoms with E-state index in [2.05, 4.69) is 20.3 Å². The van der Waals surface area contributed by atoms with Crippen LogP contribution in [0.15, 0.2) is 36.9 Å². The lowest BCUT2D eigenvalue weighted by atomic mass is 10.1. The van der Waals surface area contributed by atoms with Gasteiger partial charge >= 0.3 is 0 Å². The second-order valence-electron chi connectivity index (χ2n) is 4.72. The van der Waals surface area contributed by atoms with Crippen LogP contribution in [0.3, 0.4) is 0 Å². The molecule has 6 nitrogen and oxygen atoms in total. The molecule has 0 radical (unpaired) electrons. The predicted molar refractivity (Wildman–Crippen MR) is 79.1 cm³/mol. The summed E-state index contributed by atoms with van der Waals surface area (Å²) >= 11 is 0. The normalized spacial score (nSPS) is 10.7. The molecule has 2 heterocycles. The molecule has 1 aromatic carbocycles. The van der Waals surface area contributed by atoms with E-state index < -0.39 is 11.6 Å². The highest BCUT2D eigenvalue weighted by atomic mass is 19.2. The topological polar surface area (TPSA) is 75.6 Å². The van der Waals surface area contributed by atoms with Crippen molar-refractivity contribution in [2.45, 2.75) is 6.92 Å². The molecular weight excluding hydrogens is 304 g/mol. The summed E-state index contributed by atoms with van der Waals surface area (Å²) in [5, 5.41) is 2.62. The Morgan fingerprint density at radius 2 is 2.22 bits per heavy atom. The smallest absolute Gasteiger partial charge is 0.287 e. The third-order valence-corrected chi connectivity index (χ3v) is 3.23. The van der Waals surface area contributed by atoms with Crippen molar-refractivity contribution in [2.75, 3.05) is 6.54 Å². The van der Waals surface area contributed by atoms with Gasteiger partial charge < -0.3 is 10.3 Å². The van der Waals surface area contributed by atoms with Crippen molar-refractivity contribution in [3.63, 3.8) is 0 Å². The highest BCUT2D eigenvalue weighted by Crippen LogP contribution is 2.26. The van der Waals surface area contributed by atoms with Crippen LogP contribution in [-0.4, -0.2) is 32.0 Å². The molecule has 0 saturated heterocycles. The third kappa shape index (κ3) is 2.70. The summed E-state index contributed by atoms with van der Waals surface area (Å²) in [5.74, 6) is -1.78. The van der Waals surface area contributed by atoms with Crippen molar-refractivity contribution >= 4 is 5.91 Å². The Labute approximate surface area is 130 Å². The number of imidazole rings is 2. The van der Waals surface area contributed by atoms with E-state index in [0.717, 1.165) is 6.07 Å². The summed E-state index contributed by atoms with van der Waals surface area (Å²) in [5.41, 5.74) is 0.390. The maximum atomic E-state index is 14.0. The second-order valence-corrected chi connectivity index (χ2v) is 4.72. The summed E-state index contributed by atoms with van der Waals surface area (Å²) in [6.07, 6.45) is 4.31. The van der Waals surface area contributed by atoms with E-state index in [1.54, 1.807) is 6.92 Å². The van der Waals surface area contributed by atoms with Gasteiger partial charge in [-0.1, -0.05) is 6.07 Å². The quantitative estimate of drug-likeness (QED) is 0.775. The number of hydrogen-bond donors (Lipinski definition) is 2. The molecule has 0 fully saturated rings. The first-order valence-electron chi connectivity index (χ1n) is 6.92. The fourth-order valence-corrected chi connectivity index (χ4v) is 2.17. The standard InChI is InChI=1S/C15H13F2N5O/c1-2-19-15(23)14-20-7-12(21-14)22-8-18-6-11(22)9-4-3-5-10(16)13(9)17/h3-8H,2H2,1H3,(H,19,23)(H,20,21). The Morgan fingerprint density at radius 3 is 3.00 bits per heavy atom. The number of aromatic amines is 1. The molecule has 0 aliphatic carbocycles. The number of benzene rings is 1. The number of nitrogens with one attached hydrogen (secondary N) is 2. The van der Waals surface area contributed by atoms with Crippen LogP contribution in [0.2, 0.25) is 0 Å². The molecule has 2 aromatic heterocycles. The average Bonchev–Trinajstić information content (AvgIpc) is 3.18. The second kappa shape index (κ2) is 5.99. The Kier molecular flexibility index (Phi) is 3.88. The number of H-pyrrole nitrogens is 1. The van der Waals surface area contributed by atoms with Crippen LogP contribution in [0.25, 0.3) is 17.1 Å². The molecule has 0 bridgehead atoms. The molecule has 1 amide bonds.